The average molecular weight is 225 g/mol. The molecule has 1 aromatic carbocycles. The van der Waals surface area contributed by atoms with E-state index in [-0.39, 0.29) is 5.56 Å². The molecule has 1 aromatic rings. The van der Waals surface area contributed by atoms with E-state index in [9.17, 15) is 8.78 Å². The molecule has 0 radical (unpaired) electrons. The third-order valence-corrected chi connectivity index (χ3v) is 3.60. The Morgan fingerprint density at radius 3 is 2.31 bits per heavy atom. The molecule has 2 rings (SSSR count). The standard InChI is InChI=1S/C13H17F2N/c1-10-6-2-3-7-11(10)13(14,15)12(16)8-4-5-9-12/h2-3,6-7H,4-5,8-9,16H2,1H3. The van der Waals surface area contributed by atoms with E-state index in [2.05, 4.69) is 0 Å². The maximum absolute atomic E-state index is 14.4. The summed E-state index contributed by atoms with van der Waals surface area (Å²) in [5, 5.41) is 0. The average Bonchev–Trinajstić information content (AvgIpc) is 2.67. The number of nitrogens with two attached hydrogens (primary N) is 1. The van der Waals surface area contributed by atoms with Crippen LogP contribution in [0.25, 0.3) is 0 Å². The highest BCUT2D eigenvalue weighted by molar-refractivity contribution is 5.33. The highest BCUT2D eigenvalue weighted by atomic mass is 19.3. The van der Waals surface area contributed by atoms with Gasteiger partial charge in [-0.05, 0) is 25.3 Å². The molecule has 0 bridgehead atoms. The van der Waals surface area contributed by atoms with Crippen LogP contribution in [0.4, 0.5) is 8.78 Å². The monoisotopic (exact) mass is 225 g/mol. The fourth-order valence-electron chi connectivity index (χ4n) is 2.51. The van der Waals surface area contributed by atoms with Gasteiger partial charge in [0.15, 0.2) is 0 Å². The van der Waals surface area contributed by atoms with E-state index in [1.54, 1.807) is 25.1 Å². The second-order valence-electron chi connectivity index (χ2n) is 4.75. The van der Waals surface area contributed by atoms with Crippen molar-refractivity contribution < 1.29 is 8.78 Å². The zero-order chi connectivity index (χ0) is 11.8. The molecule has 0 atom stereocenters. The normalized spacial score (nSPS) is 20.0. The second kappa shape index (κ2) is 3.81. The first-order valence-electron chi connectivity index (χ1n) is 5.70. The number of aryl methyl sites for hydroxylation is 1. The minimum atomic E-state index is -2.92. The van der Waals surface area contributed by atoms with Crippen LogP contribution in [0.5, 0.6) is 0 Å². The molecule has 0 spiro atoms. The number of rotatable bonds is 2. The first kappa shape index (κ1) is 11.5. The lowest BCUT2D eigenvalue weighted by molar-refractivity contribution is -0.0799. The second-order valence-corrected chi connectivity index (χ2v) is 4.75. The Kier molecular flexibility index (Phi) is 2.74. The van der Waals surface area contributed by atoms with Crippen molar-refractivity contribution in [1.29, 1.82) is 0 Å². The summed E-state index contributed by atoms with van der Waals surface area (Å²) in [7, 11) is 0. The van der Waals surface area contributed by atoms with Gasteiger partial charge in [0.1, 0.15) is 0 Å². The van der Waals surface area contributed by atoms with Crippen molar-refractivity contribution in [2.45, 2.75) is 44.1 Å². The topological polar surface area (TPSA) is 26.0 Å². The molecule has 16 heavy (non-hydrogen) atoms. The Morgan fingerprint density at radius 1 is 1.19 bits per heavy atom. The van der Waals surface area contributed by atoms with Gasteiger partial charge in [-0.2, -0.15) is 8.78 Å². The van der Waals surface area contributed by atoms with Gasteiger partial charge in [0, 0.05) is 5.56 Å². The van der Waals surface area contributed by atoms with Gasteiger partial charge in [-0.1, -0.05) is 37.1 Å². The molecule has 0 unspecified atom stereocenters. The summed E-state index contributed by atoms with van der Waals surface area (Å²) in [5.41, 5.74) is 5.24. The van der Waals surface area contributed by atoms with Gasteiger partial charge in [-0.15, -0.1) is 0 Å². The lowest BCUT2D eigenvalue weighted by atomic mass is 9.84. The van der Waals surface area contributed by atoms with Crippen LogP contribution in [-0.2, 0) is 5.92 Å². The molecule has 0 amide bonds. The van der Waals surface area contributed by atoms with E-state index in [0.29, 0.717) is 18.4 Å². The van der Waals surface area contributed by atoms with E-state index < -0.39 is 11.5 Å². The van der Waals surface area contributed by atoms with Gasteiger partial charge in [-0.25, -0.2) is 0 Å². The van der Waals surface area contributed by atoms with Gasteiger partial charge in [0.25, 0.3) is 5.92 Å². The number of halogens is 2. The van der Waals surface area contributed by atoms with Crippen LogP contribution in [0.15, 0.2) is 24.3 Å². The summed E-state index contributed by atoms with van der Waals surface area (Å²) in [6.45, 7) is 1.71. The number of benzene rings is 1. The van der Waals surface area contributed by atoms with Gasteiger partial charge in [0.2, 0.25) is 0 Å². The first-order valence-corrected chi connectivity index (χ1v) is 5.70. The molecule has 3 heteroatoms. The molecule has 88 valence electrons. The molecular formula is C13H17F2N. The molecule has 1 fully saturated rings. The minimum Gasteiger partial charge on any atom is -0.320 e. The third kappa shape index (κ3) is 1.63. The van der Waals surface area contributed by atoms with Crippen molar-refractivity contribution in [2.24, 2.45) is 5.73 Å². The summed E-state index contributed by atoms with van der Waals surface area (Å²) in [5.74, 6) is -2.92. The molecule has 1 aliphatic carbocycles. The number of hydrogen-bond donors (Lipinski definition) is 1. The van der Waals surface area contributed by atoms with E-state index >= 15 is 0 Å². The molecule has 0 aromatic heterocycles. The van der Waals surface area contributed by atoms with Crippen molar-refractivity contribution in [3.63, 3.8) is 0 Å². The lowest BCUT2D eigenvalue weighted by Crippen LogP contribution is -2.51. The Balaban J connectivity index is 2.42. The first-order chi connectivity index (χ1) is 7.47. The molecule has 2 N–H and O–H groups in total. The SMILES string of the molecule is Cc1ccccc1C(F)(F)C1(N)CCCC1. The molecule has 1 nitrogen and oxygen atoms in total. The quantitative estimate of drug-likeness (QED) is 0.820. The number of hydrogen-bond acceptors (Lipinski definition) is 1. The van der Waals surface area contributed by atoms with E-state index in [4.69, 9.17) is 5.73 Å². The van der Waals surface area contributed by atoms with Crippen LogP contribution in [0.1, 0.15) is 36.8 Å². The van der Waals surface area contributed by atoms with Gasteiger partial charge < -0.3 is 5.73 Å². The van der Waals surface area contributed by atoms with Crippen LogP contribution >= 0.6 is 0 Å². The fraction of sp³-hybridized carbons (Fsp3) is 0.538. The molecule has 1 saturated carbocycles. The largest absolute Gasteiger partial charge is 0.320 e. The minimum absolute atomic E-state index is 0.0828. The lowest BCUT2D eigenvalue weighted by Gasteiger charge is -2.34. The van der Waals surface area contributed by atoms with E-state index in [1.165, 1.54) is 6.07 Å². The van der Waals surface area contributed by atoms with Crippen LogP contribution < -0.4 is 5.73 Å². The van der Waals surface area contributed by atoms with Gasteiger partial charge >= 0.3 is 0 Å². The smallest absolute Gasteiger partial charge is 0.291 e. The number of alkyl halides is 2. The van der Waals surface area contributed by atoms with Crippen LogP contribution in [0, 0.1) is 6.92 Å². The molecule has 0 saturated heterocycles. The van der Waals surface area contributed by atoms with E-state index in [0.717, 1.165) is 12.8 Å². The summed E-state index contributed by atoms with van der Waals surface area (Å²) in [6.07, 6.45) is 2.43. The zero-order valence-electron chi connectivity index (χ0n) is 9.47. The highest BCUT2D eigenvalue weighted by Crippen LogP contribution is 2.47. The van der Waals surface area contributed by atoms with Crippen molar-refractivity contribution >= 4 is 0 Å². The Bertz CT molecular complexity index is 381. The maximum Gasteiger partial charge on any atom is 0.291 e. The Labute approximate surface area is 94.7 Å². The van der Waals surface area contributed by atoms with Crippen molar-refractivity contribution in [3.8, 4) is 0 Å². The molecule has 0 aliphatic heterocycles. The molecule has 0 heterocycles. The third-order valence-electron chi connectivity index (χ3n) is 3.60. The highest BCUT2D eigenvalue weighted by Gasteiger charge is 2.53. The summed E-state index contributed by atoms with van der Waals surface area (Å²) < 4.78 is 28.8. The Morgan fingerprint density at radius 2 is 1.75 bits per heavy atom. The van der Waals surface area contributed by atoms with Gasteiger partial charge in [0.05, 0.1) is 5.54 Å². The maximum atomic E-state index is 14.4. The summed E-state index contributed by atoms with van der Waals surface area (Å²) >= 11 is 0. The van der Waals surface area contributed by atoms with Gasteiger partial charge in [-0.3, -0.25) is 0 Å². The van der Waals surface area contributed by atoms with Crippen LogP contribution in [0.2, 0.25) is 0 Å². The van der Waals surface area contributed by atoms with Crippen molar-refractivity contribution in [1.82, 2.24) is 0 Å². The fourth-order valence-corrected chi connectivity index (χ4v) is 2.51. The predicted octanol–water partition coefficient (Wildman–Crippen LogP) is 3.36. The Hall–Kier alpha value is -0.960. The van der Waals surface area contributed by atoms with Crippen molar-refractivity contribution in [2.75, 3.05) is 0 Å². The summed E-state index contributed by atoms with van der Waals surface area (Å²) in [4.78, 5) is 0. The van der Waals surface area contributed by atoms with E-state index in [1.807, 2.05) is 0 Å². The van der Waals surface area contributed by atoms with Crippen LogP contribution in [-0.4, -0.2) is 5.54 Å². The summed E-state index contributed by atoms with van der Waals surface area (Å²) in [6, 6.07) is 6.62. The predicted molar refractivity (Wildman–Crippen MR) is 60.5 cm³/mol. The molecular weight excluding hydrogens is 208 g/mol. The zero-order valence-corrected chi connectivity index (χ0v) is 9.47. The molecule has 1 aliphatic rings. The van der Waals surface area contributed by atoms with Crippen molar-refractivity contribution in [3.05, 3.63) is 35.4 Å². The van der Waals surface area contributed by atoms with Crippen LogP contribution in [0.3, 0.4) is 0 Å².